The van der Waals surface area contributed by atoms with Gasteiger partial charge in [-0.3, -0.25) is 4.79 Å². The van der Waals surface area contributed by atoms with Gasteiger partial charge in [0.05, 0.1) is 18.5 Å². The third-order valence-electron chi connectivity index (χ3n) is 4.74. The Kier molecular flexibility index (Phi) is 6.48. The summed E-state index contributed by atoms with van der Waals surface area (Å²) in [6.45, 7) is 4.64. The quantitative estimate of drug-likeness (QED) is 0.650. The third kappa shape index (κ3) is 5.00. The fraction of sp³-hybridized carbons (Fsp3) is 0.304. The zero-order chi connectivity index (χ0) is 19.9. The monoisotopic (exact) mass is 377 g/mol. The first-order valence-electron chi connectivity index (χ1n) is 9.58. The molecule has 0 bridgehead atoms. The van der Waals surface area contributed by atoms with E-state index in [0.29, 0.717) is 13.0 Å². The van der Waals surface area contributed by atoms with Crippen molar-refractivity contribution >= 4 is 5.91 Å². The van der Waals surface area contributed by atoms with E-state index in [9.17, 15) is 4.79 Å². The van der Waals surface area contributed by atoms with E-state index in [0.717, 1.165) is 46.8 Å². The Labute approximate surface area is 166 Å². The van der Waals surface area contributed by atoms with Crippen LogP contribution < -0.4 is 10.1 Å². The molecule has 1 aromatic heterocycles. The van der Waals surface area contributed by atoms with Gasteiger partial charge in [-0.1, -0.05) is 30.3 Å². The van der Waals surface area contributed by atoms with Gasteiger partial charge < -0.3 is 10.1 Å². The van der Waals surface area contributed by atoms with E-state index in [1.54, 1.807) is 7.11 Å². The van der Waals surface area contributed by atoms with Gasteiger partial charge in [0.1, 0.15) is 5.75 Å². The molecule has 0 radical (unpaired) electrons. The Morgan fingerprint density at radius 1 is 1.07 bits per heavy atom. The number of nitrogens with one attached hydrogen (secondary N) is 1. The maximum absolute atomic E-state index is 12.1. The number of carbonyl (C=O) groups excluding carboxylic acids is 1. The zero-order valence-electron chi connectivity index (χ0n) is 16.7. The normalized spacial score (nSPS) is 10.7. The van der Waals surface area contributed by atoms with Crippen molar-refractivity contribution in [3.63, 3.8) is 0 Å². The summed E-state index contributed by atoms with van der Waals surface area (Å²) < 4.78 is 7.27. The van der Waals surface area contributed by atoms with Crippen molar-refractivity contribution in [3.05, 3.63) is 77.1 Å². The van der Waals surface area contributed by atoms with Crippen LogP contribution in [0.5, 0.6) is 5.75 Å². The van der Waals surface area contributed by atoms with Gasteiger partial charge in [0.25, 0.3) is 0 Å². The van der Waals surface area contributed by atoms with Crippen LogP contribution in [0.3, 0.4) is 0 Å². The number of aromatic nitrogens is 2. The smallest absolute Gasteiger partial charge is 0.220 e. The molecule has 146 valence electrons. The summed E-state index contributed by atoms with van der Waals surface area (Å²) in [6.07, 6.45) is 1.95. The van der Waals surface area contributed by atoms with Gasteiger partial charge in [0.2, 0.25) is 5.91 Å². The summed E-state index contributed by atoms with van der Waals surface area (Å²) >= 11 is 0. The minimum absolute atomic E-state index is 0.0671. The highest BCUT2D eigenvalue weighted by Gasteiger charge is 2.06. The average molecular weight is 377 g/mol. The molecule has 1 amide bonds. The number of rotatable bonds is 8. The molecular formula is C23H27N3O2. The molecule has 28 heavy (non-hydrogen) atoms. The Hall–Kier alpha value is -3.08. The van der Waals surface area contributed by atoms with Gasteiger partial charge >= 0.3 is 0 Å². The third-order valence-corrected chi connectivity index (χ3v) is 4.74. The number of para-hydroxylation sites is 1. The van der Waals surface area contributed by atoms with Gasteiger partial charge in [-0.05, 0) is 62.1 Å². The van der Waals surface area contributed by atoms with Gasteiger partial charge in [0.15, 0.2) is 0 Å². The van der Waals surface area contributed by atoms with Crippen molar-refractivity contribution in [2.45, 2.75) is 33.1 Å². The van der Waals surface area contributed by atoms with E-state index >= 15 is 0 Å². The number of nitrogens with zero attached hydrogens (tertiary/aromatic N) is 2. The molecule has 5 heteroatoms. The van der Waals surface area contributed by atoms with E-state index in [2.05, 4.69) is 28.6 Å². The second-order valence-electron chi connectivity index (χ2n) is 6.92. The number of benzene rings is 2. The van der Waals surface area contributed by atoms with Crippen molar-refractivity contribution in [3.8, 4) is 11.4 Å². The molecule has 0 aliphatic carbocycles. The highest BCUT2D eigenvalue weighted by Crippen LogP contribution is 2.17. The fourth-order valence-corrected chi connectivity index (χ4v) is 3.29. The summed E-state index contributed by atoms with van der Waals surface area (Å²) in [5.74, 6) is 0.928. The van der Waals surface area contributed by atoms with Crippen LogP contribution in [-0.4, -0.2) is 29.3 Å². The number of carbonyl (C=O) groups is 1. The van der Waals surface area contributed by atoms with E-state index in [1.165, 1.54) is 0 Å². The molecule has 0 fully saturated rings. The zero-order valence-corrected chi connectivity index (χ0v) is 16.7. The molecule has 3 aromatic rings. The second kappa shape index (κ2) is 9.22. The van der Waals surface area contributed by atoms with Crippen molar-refractivity contribution in [2.24, 2.45) is 0 Å². The van der Waals surface area contributed by atoms with E-state index < -0.39 is 0 Å². The van der Waals surface area contributed by atoms with E-state index in [-0.39, 0.29) is 5.91 Å². The summed E-state index contributed by atoms with van der Waals surface area (Å²) in [5.41, 5.74) is 5.40. The molecule has 0 saturated heterocycles. The van der Waals surface area contributed by atoms with Crippen molar-refractivity contribution in [2.75, 3.05) is 13.7 Å². The predicted octanol–water partition coefficient (Wildman–Crippen LogP) is 3.79. The molecule has 5 nitrogen and oxygen atoms in total. The first kappa shape index (κ1) is 19.7. The van der Waals surface area contributed by atoms with Crippen LogP contribution in [0.4, 0.5) is 0 Å². The first-order chi connectivity index (χ1) is 13.6. The summed E-state index contributed by atoms with van der Waals surface area (Å²) in [4.78, 5) is 12.1. The first-order valence-corrected chi connectivity index (χ1v) is 9.58. The minimum atomic E-state index is 0.0671. The van der Waals surface area contributed by atoms with Crippen molar-refractivity contribution in [1.82, 2.24) is 15.1 Å². The lowest BCUT2D eigenvalue weighted by molar-refractivity contribution is -0.121. The molecule has 0 saturated carbocycles. The van der Waals surface area contributed by atoms with Crippen molar-refractivity contribution < 1.29 is 9.53 Å². The predicted molar refractivity (Wildman–Crippen MR) is 111 cm³/mol. The Morgan fingerprint density at radius 2 is 1.82 bits per heavy atom. The maximum atomic E-state index is 12.1. The second-order valence-corrected chi connectivity index (χ2v) is 6.92. The Morgan fingerprint density at radius 3 is 2.50 bits per heavy atom. The molecule has 0 aliphatic rings. The Balaban J connectivity index is 1.46. The number of methoxy groups -OCH3 is 1. The fourth-order valence-electron chi connectivity index (χ4n) is 3.29. The van der Waals surface area contributed by atoms with Crippen LogP contribution >= 0.6 is 0 Å². The van der Waals surface area contributed by atoms with Crippen LogP contribution in [-0.2, 0) is 17.6 Å². The molecule has 0 atom stereocenters. The molecule has 1 N–H and O–H groups in total. The number of hydrogen-bond donors (Lipinski definition) is 1. The van der Waals surface area contributed by atoms with Gasteiger partial charge in [0, 0.05) is 18.7 Å². The van der Waals surface area contributed by atoms with E-state index in [4.69, 9.17) is 4.74 Å². The lowest BCUT2D eigenvalue weighted by atomic mass is 10.1. The highest BCUT2D eigenvalue weighted by atomic mass is 16.5. The van der Waals surface area contributed by atoms with Gasteiger partial charge in [-0.2, -0.15) is 5.10 Å². The maximum Gasteiger partial charge on any atom is 0.220 e. The molecule has 3 rings (SSSR count). The largest absolute Gasteiger partial charge is 0.496 e. The van der Waals surface area contributed by atoms with Crippen LogP contribution in [0, 0.1) is 13.8 Å². The lowest BCUT2D eigenvalue weighted by Gasteiger charge is -2.09. The molecular weight excluding hydrogens is 350 g/mol. The van der Waals surface area contributed by atoms with Gasteiger partial charge in [-0.15, -0.1) is 0 Å². The van der Waals surface area contributed by atoms with Crippen molar-refractivity contribution in [1.29, 1.82) is 0 Å². The number of hydrogen-bond acceptors (Lipinski definition) is 3. The summed E-state index contributed by atoms with van der Waals surface area (Å²) in [6, 6.07) is 18.2. The average Bonchev–Trinajstić information content (AvgIpc) is 3.05. The molecule has 0 aliphatic heterocycles. The van der Waals surface area contributed by atoms with Gasteiger partial charge in [-0.25, -0.2) is 4.68 Å². The standard InChI is InChI=1S/C23H27N3O2/c1-17-16-18(2)26(25-17)21-11-8-19(9-12-21)10-13-23(27)24-15-14-20-6-4-5-7-22(20)28-3/h4-9,11-12,16H,10,13-15H2,1-3H3,(H,24,27). The molecule has 0 unspecified atom stereocenters. The van der Waals surface area contributed by atoms with Crippen LogP contribution in [0.25, 0.3) is 5.69 Å². The number of aryl methyl sites for hydroxylation is 3. The topological polar surface area (TPSA) is 56.1 Å². The Bertz CT molecular complexity index is 929. The molecule has 0 spiro atoms. The highest BCUT2D eigenvalue weighted by molar-refractivity contribution is 5.76. The summed E-state index contributed by atoms with van der Waals surface area (Å²) in [5, 5.41) is 7.49. The number of amides is 1. The SMILES string of the molecule is COc1ccccc1CCNC(=O)CCc1ccc(-n2nc(C)cc2C)cc1. The van der Waals surface area contributed by atoms with Crippen LogP contribution in [0.2, 0.25) is 0 Å². The van der Waals surface area contributed by atoms with Crippen LogP contribution in [0.1, 0.15) is 28.9 Å². The van der Waals surface area contributed by atoms with Crippen LogP contribution in [0.15, 0.2) is 54.6 Å². The number of ether oxygens (including phenoxy) is 1. The lowest BCUT2D eigenvalue weighted by Crippen LogP contribution is -2.26. The summed E-state index contributed by atoms with van der Waals surface area (Å²) in [7, 11) is 1.66. The molecule has 1 heterocycles. The minimum Gasteiger partial charge on any atom is -0.496 e. The molecule has 2 aromatic carbocycles. The van der Waals surface area contributed by atoms with E-state index in [1.807, 2.05) is 54.9 Å².